The molecule has 4 heteroatoms. The lowest BCUT2D eigenvalue weighted by molar-refractivity contribution is 0.456. The van der Waals surface area contributed by atoms with E-state index < -0.39 is 0 Å². The molecule has 2 aromatic carbocycles. The minimum atomic E-state index is 0.428. The topological polar surface area (TPSA) is 48.2 Å². The van der Waals surface area contributed by atoms with Crippen LogP contribution in [0.2, 0.25) is 0 Å². The van der Waals surface area contributed by atoms with Crippen molar-refractivity contribution >= 4 is 22.1 Å². The molecule has 0 fully saturated rings. The van der Waals surface area contributed by atoms with Crippen LogP contribution in [0.4, 0.5) is 0 Å². The highest BCUT2D eigenvalue weighted by Crippen LogP contribution is 2.33. The Balaban J connectivity index is 1.91. The molecule has 4 aromatic rings. The van der Waals surface area contributed by atoms with Gasteiger partial charge in [-0.1, -0.05) is 30.3 Å². The summed E-state index contributed by atoms with van der Waals surface area (Å²) in [4.78, 5) is 8.46. The van der Waals surface area contributed by atoms with E-state index in [4.69, 9.17) is 9.15 Å². The second-order valence-electron chi connectivity index (χ2n) is 4.37. The van der Waals surface area contributed by atoms with E-state index in [2.05, 4.69) is 9.97 Å². The lowest BCUT2D eigenvalue weighted by atomic mass is 10.2. The number of rotatable bonds is 2. The second kappa shape index (κ2) is 4.35. The van der Waals surface area contributed by atoms with Crippen LogP contribution < -0.4 is 4.74 Å². The molecule has 96 valence electrons. The maximum atomic E-state index is 5.81. The number of hydrogen-bond donors (Lipinski definition) is 0. The van der Waals surface area contributed by atoms with Crippen molar-refractivity contribution in [3.63, 3.8) is 0 Å². The summed E-state index contributed by atoms with van der Waals surface area (Å²) in [5, 5.41) is 0.961. The van der Waals surface area contributed by atoms with Crippen LogP contribution in [0.3, 0.4) is 0 Å². The third-order valence-corrected chi connectivity index (χ3v) is 3.08. The van der Waals surface area contributed by atoms with Gasteiger partial charge in [0.15, 0.2) is 0 Å². The maximum absolute atomic E-state index is 5.81. The average Bonchev–Trinajstić information content (AvgIpc) is 2.88. The van der Waals surface area contributed by atoms with Crippen LogP contribution >= 0.6 is 0 Å². The Morgan fingerprint density at radius 3 is 2.55 bits per heavy atom. The summed E-state index contributed by atoms with van der Waals surface area (Å²) in [6.07, 6.45) is 1.49. The molecule has 0 saturated heterocycles. The van der Waals surface area contributed by atoms with Crippen molar-refractivity contribution in [1.82, 2.24) is 9.97 Å². The Labute approximate surface area is 114 Å². The molecule has 0 N–H and O–H groups in total. The van der Waals surface area contributed by atoms with Crippen LogP contribution in [0.15, 0.2) is 65.3 Å². The lowest BCUT2D eigenvalue weighted by Gasteiger charge is -2.03. The zero-order chi connectivity index (χ0) is 13.4. The van der Waals surface area contributed by atoms with Crippen molar-refractivity contribution in [1.29, 1.82) is 0 Å². The maximum Gasteiger partial charge on any atom is 0.267 e. The Bertz CT molecular complexity index is 885. The fraction of sp³-hybridized carbons (Fsp3) is 0. The number of aromatic nitrogens is 2. The molecule has 0 spiro atoms. The van der Waals surface area contributed by atoms with Crippen LogP contribution in [-0.4, -0.2) is 9.97 Å². The van der Waals surface area contributed by atoms with Gasteiger partial charge in [-0.25, -0.2) is 4.98 Å². The molecule has 0 amide bonds. The minimum Gasteiger partial charge on any atom is -0.449 e. The van der Waals surface area contributed by atoms with Crippen LogP contribution in [-0.2, 0) is 0 Å². The summed E-state index contributed by atoms with van der Waals surface area (Å²) < 4.78 is 11.6. The molecule has 2 aromatic heterocycles. The standard InChI is InChI=1S/C16H10N2O2/c1-2-6-11(7-3-1)19-16-15-14(17-10-18-16)12-8-4-5-9-13(12)20-15/h1-10H. The molecule has 0 saturated carbocycles. The van der Waals surface area contributed by atoms with Gasteiger partial charge in [-0.3, -0.25) is 0 Å². The van der Waals surface area contributed by atoms with E-state index in [-0.39, 0.29) is 0 Å². The van der Waals surface area contributed by atoms with Gasteiger partial charge in [-0.05, 0) is 24.3 Å². The van der Waals surface area contributed by atoms with Crippen molar-refractivity contribution in [2.24, 2.45) is 0 Å². The van der Waals surface area contributed by atoms with E-state index in [0.717, 1.165) is 16.5 Å². The molecule has 4 rings (SSSR count). The average molecular weight is 262 g/mol. The first kappa shape index (κ1) is 11.0. The number of hydrogen-bond acceptors (Lipinski definition) is 4. The zero-order valence-electron chi connectivity index (χ0n) is 10.5. The molecular formula is C16H10N2O2. The van der Waals surface area contributed by atoms with Crippen molar-refractivity contribution in [3.05, 3.63) is 60.9 Å². The van der Waals surface area contributed by atoms with E-state index in [0.29, 0.717) is 17.2 Å². The van der Waals surface area contributed by atoms with Crippen molar-refractivity contribution in [2.45, 2.75) is 0 Å². The zero-order valence-corrected chi connectivity index (χ0v) is 10.5. The lowest BCUT2D eigenvalue weighted by Crippen LogP contribution is -1.89. The van der Waals surface area contributed by atoms with E-state index in [1.54, 1.807) is 0 Å². The Kier molecular flexibility index (Phi) is 2.39. The molecule has 0 atom stereocenters. The normalized spacial score (nSPS) is 11.0. The smallest absolute Gasteiger partial charge is 0.267 e. The number of furan rings is 1. The summed E-state index contributed by atoms with van der Waals surface area (Å²) in [6, 6.07) is 17.3. The van der Waals surface area contributed by atoms with Gasteiger partial charge < -0.3 is 9.15 Å². The van der Waals surface area contributed by atoms with Gasteiger partial charge in [0.2, 0.25) is 5.58 Å². The fourth-order valence-electron chi connectivity index (χ4n) is 2.18. The summed E-state index contributed by atoms with van der Waals surface area (Å²) in [5.41, 5.74) is 2.11. The first-order chi connectivity index (χ1) is 9.92. The number of fused-ring (bicyclic) bond motifs is 3. The van der Waals surface area contributed by atoms with Crippen molar-refractivity contribution in [3.8, 4) is 11.6 Å². The van der Waals surface area contributed by atoms with Gasteiger partial charge in [0.1, 0.15) is 23.2 Å². The van der Waals surface area contributed by atoms with Gasteiger partial charge in [-0.15, -0.1) is 0 Å². The van der Waals surface area contributed by atoms with Gasteiger partial charge >= 0.3 is 0 Å². The quantitative estimate of drug-likeness (QED) is 0.544. The molecule has 0 aliphatic rings. The monoisotopic (exact) mass is 262 g/mol. The van der Waals surface area contributed by atoms with Crippen molar-refractivity contribution < 1.29 is 9.15 Å². The molecule has 20 heavy (non-hydrogen) atoms. The number of ether oxygens (including phenoxy) is 1. The molecule has 0 aliphatic carbocycles. The molecular weight excluding hydrogens is 252 g/mol. The van der Waals surface area contributed by atoms with E-state index in [1.165, 1.54) is 6.33 Å². The summed E-state index contributed by atoms with van der Waals surface area (Å²) in [6.45, 7) is 0. The molecule has 0 radical (unpaired) electrons. The Morgan fingerprint density at radius 2 is 1.65 bits per heavy atom. The number of benzene rings is 2. The number of nitrogens with zero attached hydrogens (tertiary/aromatic N) is 2. The Hall–Kier alpha value is -2.88. The van der Waals surface area contributed by atoms with Crippen LogP contribution in [0.25, 0.3) is 22.1 Å². The highest BCUT2D eigenvalue weighted by atomic mass is 16.5. The van der Waals surface area contributed by atoms with Crippen LogP contribution in [0, 0.1) is 0 Å². The second-order valence-corrected chi connectivity index (χ2v) is 4.37. The van der Waals surface area contributed by atoms with E-state index in [1.807, 2.05) is 54.6 Å². The molecule has 2 heterocycles. The summed E-state index contributed by atoms with van der Waals surface area (Å²) in [5.74, 6) is 1.14. The van der Waals surface area contributed by atoms with E-state index in [9.17, 15) is 0 Å². The van der Waals surface area contributed by atoms with Gasteiger partial charge in [0.25, 0.3) is 5.88 Å². The SMILES string of the molecule is c1ccc(Oc2ncnc3c2oc2ccccc23)cc1. The van der Waals surface area contributed by atoms with Crippen LogP contribution in [0.5, 0.6) is 11.6 Å². The third kappa shape index (κ3) is 1.70. The van der Waals surface area contributed by atoms with Gasteiger partial charge in [-0.2, -0.15) is 4.98 Å². The first-order valence-electron chi connectivity index (χ1n) is 6.27. The molecule has 0 bridgehead atoms. The van der Waals surface area contributed by atoms with Crippen molar-refractivity contribution in [2.75, 3.05) is 0 Å². The molecule has 0 aliphatic heterocycles. The minimum absolute atomic E-state index is 0.428. The van der Waals surface area contributed by atoms with Gasteiger partial charge in [0, 0.05) is 5.39 Å². The predicted molar refractivity (Wildman–Crippen MR) is 75.8 cm³/mol. The Morgan fingerprint density at radius 1 is 0.850 bits per heavy atom. The third-order valence-electron chi connectivity index (χ3n) is 3.08. The van der Waals surface area contributed by atoms with Gasteiger partial charge in [0.05, 0.1) is 0 Å². The largest absolute Gasteiger partial charge is 0.449 e. The fourth-order valence-corrected chi connectivity index (χ4v) is 2.18. The predicted octanol–water partition coefficient (Wildman–Crippen LogP) is 4.17. The van der Waals surface area contributed by atoms with Crippen LogP contribution in [0.1, 0.15) is 0 Å². The highest BCUT2D eigenvalue weighted by molar-refractivity contribution is 6.03. The molecule has 0 unspecified atom stereocenters. The number of para-hydroxylation sites is 2. The summed E-state index contributed by atoms with van der Waals surface area (Å²) in [7, 11) is 0. The van der Waals surface area contributed by atoms with E-state index >= 15 is 0 Å². The summed E-state index contributed by atoms with van der Waals surface area (Å²) >= 11 is 0. The first-order valence-corrected chi connectivity index (χ1v) is 6.27. The highest BCUT2D eigenvalue weighted by Gasteiger charge is 2.14. The molecule has 4 nitrogen and oxygen atoms in total.